The van der Waals surface area contributed by atoms with Crippen molar-refractivity contribution in [3.63, 3.8) is 0 Å². The molecule has 1 N–H and O–H groups in total. The van der Waals surface area contributed by atoms with Crippen LogP contribution in [0.25, 0.3) is 22.4 Å². The standard InChI is InChI=1S/C12H6Cl3N3/c13-7-3-10-11(4-8(7)14)18-12(17-10)6-1-2-16-5-9(6)15/h1-5H,(H,17,18). The molecular weight excluding hydrogens is 293 g/mol. The third-order valence-electron chi connectivity index (χ3n) is 2.55. The summed E-state index contributed by atoms with van der Waals surface area (Å²) in [4.78, 5) is 11.5. The molecule has 1 aromatic carbocycles. The highest BCUT2D eigenvalue weighted by molar-refractivity contribution is 6.42. The van der Waals surface area contributed by atoms with Gasteiger partial charge >= 0.3 is 0 Å². The summed E-state index contributed by atoms with van der Waals surface area (Å²) < 4.78 is 0. The van der Waals surface area contributed by atoms with Gasteiger partial charge in [0.25, 0.3) is 0 Å². The van der Waals surface area contributed by atoms with Crippen molar-refractivity contribution in [3.05, 3.63) is 45.7 Å². The number of pyridine rings is 1. The Hall–Kier alpha value is -1.29. The molecule has 0 amide bonds. The van der Waals surface area contributed by atoms with Crippen molar-refractivity contribution >= 4 is 45.8 Å². The van der Waals surface area contributed by atoms with Crippen molar-refractivity contribution in [2.45, 2.75) is 0 Å². The minimum absolute atomic E-state index is 0.475. The lowest BCUT2D eigenvalue weighted by molar-refractivity contribution is 1.28. The van der Waals surface area contributed by atoms with E-state index in [0.29, 0.717) is 20.9 Å². The molecule has 6 heteroatoms. The average molecular weight is 299 g/mol. The number of nitrogens with one attached hydrogen (secondary N) is 1. The van der Waals surface area contributed by atoms with Crippen LogP contribution in [-0.2, 0) is 0 Å². The first-order valence-corrected chi connectivity index (χ1v) is 6.23. The molecule has 0 saturated carbocycles. The van der Waals surface area contributed by atoms with Gasteiger partial charge in [0.2, 0.25) is 0 Å². The molecule has 90 valence electrons. The number of aromatic nitrogens is 3. The van der Waals surface area contributed by atoms with E-state index in [4.69, 9.17) is 34.8 Å². The Morgan fingerprint density at radius 1 is 1.00 bits per heavy atom. The molecule has 3 aromatic rings. The molecular formula is C12H6Cl3N3. The third-order valence-corrected chi connectivity index (χ3v) is 3.57. The second-order valence-corrected chi connectivity index (χ2v) is 4.95. The van der Waals surface area contributed by atoms with E-state index >= 15 is 0 Å². The van der Waals surface area contributed by atoms with Crippen LogP contribution in [0.4, 0.5) is 0 Å². The zero-order valence-electron chi connectivity index (χ0n) is 8.92. The molecule has 0 radical (unpaired) electrons. The summed E-state index contributed by atoms with van der Waals surface area (Å²) in [5.41, 5.74) is 2.34. The lowest BCUT2D eigenvalue weighted by Crippen LogP contribution is -1.82. The minimum atomic E-state index is 0.475. The van der Waals surface area contributed by atoms with Gasteiger partial charge in [-0.3, -0.25) is 4.98 Å². The van der Waals surface area contributed by atoms with Gasteiger partial charge in [0.15, 0.2) is 0 Å². The van der Waals surface area contributed by atoms with Crippen LogP contribution in [0.5, 0.6) is 0 Å². The van der Waals surface area contributed by atoms with E-state index in [1.807, 2.05) is 0 Å². The van der Waals surface area contributed by atoms with Crippen LogP contribution in [0.3, 0.4) is 0 Å². The highest BCUT2D eigenvalue weighted by Gasteiger charge is 2.10. The van der Waals surface area contributed by atoms with Crippen molar-refractivity contribution < 1.29 is 0 Å². The lowest BCUT2D eigenvalue weighted by atomic mass is 10.2. The summed E-state index contributed by atoms with van der Waals surface area (Å²) in [6, 6.07) is 5.25. The summed E-state index contributed by atoms with van der Waals surface area (Å²) >= 11 is 18.0. The van der Waals surface area contributed by atoms with Crippen LogP contribution < -0.4 is 0 Å². The summed E-state index contributed by atoms with van der Waals surface area (Å²) in [6.07, 6.45) is 3.23. The third kappa shape index (κ3) is 1.94. The summed E-state index contributed by atoms with van der Waals surface area (Å²) in [5.74, 6) is 0.663. The normalized spacial score (nSPS) is 11.1. The fourth-order valence-corrected chi connectivity index (χ4v) is 2.23. The van der Waals surface area contributed by atoms with Gasteiger partial charge in [0.1, 0.15) is 5.82 Å². The van der Waals surface area contributed by atoms with Crippen LogP contribution in [0.2, 0.25) is 15.1 Å². The van der Waals surface area contributed by atoms with Crippen molar-refractivity contribution in [1.82, 2.24) is 15.0 Å². The molecule has 0 bridgehead atoms. The number of hydrogen-bond acceptors (Lipinski definition) is 2. The minimum Gasteiger partial charge on any atom is -0.338 e. The number of nitrogens with zero attached hydrogens (tertiary/aromatic N) is 2. The Morgan fingerprint density at radius 3 is 2.56 bits per heavy atom. The van der Waals surface area contributed by atoms with Gasteiger partial charge in [0.05, 0.1) is 26.1 Å². The maximum atomic E-state index is 6.07. The zero-order chi connectivity index (χ0) is 12.7. The first-order chi connectivity index (χ1) is 8.65. The maximum Gasteiger partial charge on any atom is 0.140 e. The van der Waals surface area contributed by atoms with Crippen LogP contribution >= 0.6 is 34.8 Å². The molecule has 2 aromatic heterocycles. The average Bonchev–Trinajstić information content (AvgIpc) is 2.73. The Morgan fingerprint density at radius 2 is 1.78 bits per heavy atom. The highest BCUT2D eigenvalue weighted by atomic mass is 35.5. The molecule has 0 spiro atoms. The number of imidazole rings is 1. The quantitative estimate of drug-likeness (QED) is 0.714. The zero-order valence-corrected chi connectivity index (χ0v) is 11.2. The van der Waals surface area contributed by atoms with E-state index in [9.17, 15) is 0 Å². The topological polar surface area (TPSA) is 41.6 Å². The molecule has 0 fully saturated rings. The Labute approximate surface area is 118 Å². The fourth-order valence-electron chi connectivity index (χ4n) is 1.70. The monoisotopic (exact) mass is 297 g/mol. The van der Waals surface area contributed by atoms with Gasteiger partial charge in [-0.25, -0.2) is 4.98 Å². The van der Waals surface area contributed by atoms with Crippen molar-refractivity contribution in [1.29, 1.82) is 0 Å². The van der Waals surface area contributed by atoms with Crippen molar-refractivity contribution in [2.75, 3.05) is 0 Å². The summed E-state index contributed by atoms with van der Waals surface area (Å²) in [6.45, 7) is 0. The molecule has 18 heavy (non-hydrogen) atoms. The molecule has 0 aliphatic rings. The molecule has 0 unspecified atom stereocenters. The molecule has 0 atom stereocenters. The summed E-state index contributed by atoms with van der Waals surface area (Å²) in [5, 5.41) is 1.50. The SMILES string of the molecule is Clc1cc2nc(-c3ccncc3Cl)[nH]c2cc1Cl. The molecule has 0 saturated heterocycles. The molecule has 2 heterocycles. The van der Waals surface area contributed by atoms with E-state index in [1.165, 1.54) is 0 Å². The number of aromatic amines is 1. The van der Waals surface area contributed by atoms with Gasteiger partial charge in [0, 0.05) is 18.0 Å². The number of benzene rings is 1. The summed E-state index contributed by atoms with van der Waals surface area (Å²) in [7, 11) is 0. The largest absolute Gasteiger partial charge is 0.338 e. The first-order valence-electron chi connectivity index (χ1n) is 5.10. The highest BCUT2D eigenvalue weighted by Crippen LogP contribution is 2.30. The Bertz CT molecular complexity index is 698. The number of halogens is 3. The second kappa shape index (κ2) is 4.43. The predicted octanol–water partition coefficient (Wildman–Crippen LogP) is 4.59. The molecule has 0 aliphatic heterocycles. The van der Waals surface area contributed by atoms with E-state index < -0.39 is 0 Å². The van der Waals surface area contributed by atoms with Crippen LogP contribution in [-0.4, -0.2) is 15.0 Å². The number of H-pyrrole nitrogens is 1. The Kier molecular flexibility index (Phi) is 2.90. The smallest absolute Gasteiger partial charge is 0.140 e. The molecule has 0 aliphatic carbocycles. The van der Waals surface area contributed by atoms with Crippen molar-refractivity contribution in [2.24, 2.45) is 0 Å². The lowest BCUT2D eigenvalue weighted by Gasteiger charge is -1.97. The number of hydrogen-bond donors (Lipinski definition) is 1. The van der Waals surface area contributed by atoms with E-state index in [1.54, 1.807) is 30.6 Å². The van der Waals surface area contributed by atoms with Crippen LogP contribution in [0.15, 0.2) is 30.6 Å². The predicted molar refractivity (Wildman–Crippen MR) is 74.4 cm³/mol. The first kappa shape index (κ1) is 11.8. The number of rotatable bonds is 1. The van der Waals surface area contributed by atoms with E-state index in [2.05, 4.69) is 15.0 Å². The van der Waals surface area contributed by atoms with Gasteiger partial charge in [-0.15, -0.1) is 0 Å². The molecule has 3 nitrogen and oxygen atoms in total. The van der Waals surface area contributed by atoms with Crippen LogP contribution in [0, 0.1) is 0 Å². The van der Waals surface area contributed by atoms with E-state index in [0.717, 1.165) is 16.6 Å². The van der Waals surface area contributed by atoms with Crippen LogP contribution in [0.1, 0.15) is 0 Å². The van der Waals surface area contributed by atoms with Gasteiger partial charge < -0.3 is 4.98 Å². The second-order valence-electron chi connectivity index (χ2n) is 3.72. The molecule has 3 rings (SSSR count). The van der Waals surface area contributed by atoms with Gasteiger partial charge in [-0.05, 0) is 18.2 Å². The fraction of sp³-hybridized carbons (Fsp3) is 0. The number of fused-ring (bicyclic) bond motifs is 1. The van der Waals surface area contributed by atoms with Crippen molar-refractivity contribution in [3.8, 4) is 11.4 Å². The Balaban J connectivity index is 2.23. The van der Waals surface area contributed by atoms with Gasteiger partial charge in [-0.1, -0.05) is 34.8 Å². The maximum absolute atomic E-state index is 6.07. The van der Waals surface area contributed by atoms with Gasteiger partial charge in [-0.2, -0.15) is 0 Å². The van der Waals surface area contributed by atoms with E-state index in [-0.39, 0.29) is 0 Å².